The fourth-order valence-electron chi connectivity index (χ4n) is 2.60. The number of carbonyl (C=O) groups excluding carboxylic acids is 1. The molecule has 1 saturated heterocycles. The molecule has 1 unspecified atom stereocenters. The molecule has 0 bridgehead atoms. The zero-order chi connectivity index (χ0) is 13.7. The van der Waals surface area contributed by atoms with E-state index in [0.717, 1.165) is 13.0 Å². The third-order valence-electron chi connectivity index (χ3n) is 3.73. The van der Waals surface area contributed by atoms with E-state index in [-0.39, 0.29) is 11.7 Å². The molecule has 0 saturated carbocycles. The number of nitrogens with one attached hydrogen (secondary N) is 1. The Hall–Kier alpha value is -1.42. The fourth-order valence-corrected chi connectivity index (χ4v) is 2.60. The summed E-state index contributed by atoms with van der Waals surface area (Å²) in [5.74, 6) is -0.366. The van der Waals surface area contributed by atoms with Crippen molar-refractivity contribution in [2.24, 2.45) is 0 Å². The predicted molar refractivity (Wildman–Crippen MR) is 74.5 cm³/mol. The zero-order valence-corrected chi connectivity index (χ0v) is 11.4. The van der Waals surface area contributed by atoms with Crippen molar-refractivity contribution < 1.29 is 9.18 Å². The lowest BCUT2D eigenvalue weighted by atomic mass is 9.98. The average molecular weight is 264 g/mol. The Morgan fingerprint density at radius 1 is 1.47 bits per heavy atom. The molecule has 0 aromatic heterocycles. The maximum atomic E-state index is 13.0. The minimum atomic E-state index is -0.329. The van der Waals surface area contributed by atoms with Crippen LogP contribution in [-0.4, -0.2) is 30.4 Å². The smallest absolute Gasteiger partial charge is 0.224 e. The highest BCUT2D eigenvalue weighted by atomic mass is 19.1. The Bertz CT molecular complexity index is 436. The summed E-state index contributed by atoms with van der Waals surface area (Å²) in [5.41, 5.74) is 0.530. The first kappa shape index (κ1) is 14.0. The van der Waals surface area contributed by atoms with Crippen molar-refractivity contribution in [3.63, 3.8) is 0 Å². The van der Waals surface area contributed by atoms with Gasteiger partial charge in [-0.25, -0.2) is 4.39 Å². The van der Waals surface area contributed by atoms with Crippen molar-refractivity contribution in [3.8, 4) is 0 Å². The summed E-state index contributed by atoms with van der Waals surface area (Å²) in [6.45, 7) is 1.12. The molecule has 19 heavy (non-hydrogen) atoms. The minimum Gasteiger partial charge on any atom is -0.326 e. The Morgan fingerprint density at radius 3 is 3.05 bits per heavy atom. The molecule has 3 nitrogen and oxygen atoms in total. The molecule has 1 fully saturated rings. The Kier molecular flexibility index (Phi) is 4.91. The molecule has 1 aliphatic rings. The maximum absolute atomic E-state index is 13.0. The molecule has 1 aromatic carbocycles. The summed E-state index contributed by atoms with van der Waals surface area (Å²) in [5, 5.41) is 2.74. The van der Waals surface area contributed by atoms with Gasteiger partial charge in [-0.1, -0.05) is 12.5 Å². The van der Waals surface area contributed by atoms with Crippen molar-refractivity contribution in [1.82, 2.24) is 4.90 Å². The van der Waals surface area contributed by atoms with Crippen molar-refractivity contribution in [3.05, 3.63) is 30.1 Å². The first-order valence-electron chi connectivity index (χ1n) is 6.91. The lowest BCUT2D eigenvalue weighted by molar-refractivity contribution is -0.116. The highest BCUT2D eigenvalue weighted by Gasteiger charge is 2.19. The lowest BCUT2D eigenvalue weighted by Crippen LogP contribution is -2.36. The number of nitrogens with zero attached hydrogens (tertiary/aromatic N) is 1. The summed E-state index contributed by atoms with van der Waals surface area (Å²) >= 11 is 0. The second-order valence-electron chi connectivity index (χ2n) is 5.23. The molecule has 1 amide bonds. The number of rotatable bonds is 4. The number of halogens is 1. The molecule has 1 aliphatic heterocycles. The van der Waals surface area contributed by atoms with Crippen molar-refractivity contribution >= 4 is 11.6 Å². The number of hydrogen-bond acceptors (Lipinski definition) is 2. The van der Waals surface area contributed by atoms with Gasteiger partial charge >= 0.3 is 0 Å². The van der Waals surface area contributed by atoms with Gasteiger partial charge in [-0.15, -0.1) is 0 Å². The average Bonchev–Trinajstić information content (AvgIpc) is 2.38. The number of anilines is 1. The van der Waals surface area contributed by atoms with E-state index < -0.39 is 0 Å². The van der Waals surface area contributed by atoms with Crippen LogP contribution in [0.3, 0.4) is 0 Å². The van der Waals surface area contributed by atoms with Gasteiger partial charge in [0.2, 0.25) is 5.91 Å². The molecular weight excluding hydrogens is 243 g/mol. The highest BCUT2D eigenvalue weighted by Crippen LogP contribution is 2.19. The third-order valence-corrected chi connectivity index (χ3v) is 3.73. The largest absolute Gasteiger partial charge is 0.326 e. The van der Waals surface area contributed by atoms with Gasteiger partial charge in [0.05, 0.1) is 0 Å². The monoisotopic (exact) mass is 264 g/mol. The number of amides is 1. The van der Waals surface area contributed by atoms with E-state index in [4.69, 9.17) is 0 Å². The number of carbonyl (C=O) groups is 1. The van der Waals surface area contributed by atoms with Crippen molar-refractivity contribution in [2.75, 3.05) is 18.9 Å². The van der Waals surface area contributed by atoms with E-state index >= 15 is 0 Å². The standard InChI is InChI=1S/C15H21FN2O/c1-18-10-3-2-7-14(18)8-9-15(19)17-13-6-4-5-12(16)11-13/h4-6,11,14H,2-3,7-10H2,1H3,(H,17,19). The molecule has 0 radical (unpaired) electrons. The lowest BCUT2D eigenvalue weighted by Gasteiger charge is -2.32. The van der Waals surface area contributed by atoms with E-state index in [9.17, 15) is 9.18 Å². The number of hydrogen-bond donors (Lipinski definition) is 1. The van der Waals surface area contributed by atoms with Gasteiger partial charge in [-0.3, -0.25) is 4.79 Å². The van der Waals surface area contributed by atoms with Gasteiger partial charge in [0, 0.05) is 18.2 Å². The van der Waals surface area contributed by atoms with E-state index in [0.29, 0.717) is 18.2 Å². The first-order valence-corrected chi connectivity index (χ1v) is 6.91. The molecule has 104 valence electrons. The summed E-state index contributed by atoms with van der Waals surface area (Å²) in [4.78, 5) is 14.2. The SMILES string of the molecule is CN1CCCCC1CCC(=O)Nc1cccc(F)c1. The van der Waals surface area contributed by atoms with Gasteiger partial charge in [-0.2, -0.15) is 0 Å². The van der Waals surface area contributed by atoms with E-state index in [1.807, 2.05) is 0 Å². The van der Waals surface area contributed by atoms with Crippen LogP contribution < -0.4 is 5.32 Å². The topological polar surface area (TPSA) is 32.3 Å². The molecule has 1 heterocycles. The molecule has 4 heteroatoms. The van der Waals surface area contributed by atoms with Crippen LogP contribution in [0.25, 0.3) is 0 Å². The predicted octanol–water partition coefficient (Wildman–Crippen LogP) is 3.03. The summed E-state index contributed by atoms with van der Waals surface area (Å²) in [7, 11) is 2.12. The third kappa shape index (κ3) is 4.31. The molecule has 1 atom stereocenters. The molecule has 1 N–H and O–H groups in total. The normalized spacial score (nSPS) is 20.2. The molecular formula is C15H21FN2O. The van der Waals surface area contributed by atoms with Crippen LogP contribution in [0.15, 0.2) is 24.3 Å². The van der Waals surface area contributed by atoms with Crippen LogP contribution in [0.2, 0.25) is 0 Å². The molecule has 1 aromatic rings. The van der Waals surface area contributed by atoms with Gasteiger partial charge in [0.1, 0.15) is 5.82 Å². The van der Waals surface area contributed by atoms with E-state index in [1.54, 1.807) is 12.1 Å². The van der Waals surface area contributed by atoms with Crippen LogP contribution in [0, 0.1) is 5.82 Å². The van der Waals surface area contributed by atoms with Gasteiger partial charge in [0.25, 0.3) is 0 Å². The van der Waals surface area contributed by atoms with Crippen LogP contribution in [0.1, 0.15) is 32.1 Å². The number of piperidine rings is 1. The summed E-state index contributed by atoms with van der Waals surface area (Å²) in [6, 6.07) is 6.51. The number of likely N-dealkylation sites (tertiary alicyclic amines) is 1. The molecule has 0 aliphatic carbocycles. The summed E-state index contributed by atoms with van der Waals surface area (Å²) < 4.78 is 13.0. The first-order chi connectivity index (χ1) is 9.15. The van der Waals surface area contributed by atoms with Crippen LogP contribution in [0.5, 0.6) is 0 Å². The fraction of sp³-hybridized carbons (Fsp3) is 0.533. The quantitative estimate of drug-likeness (QED) is 0.906. The van der Waals surface area contributed by atoms with Crippen LogP contribution in [-0.2, 0) is 4.79 Å². The molecule has 0 spiro atoms. The van der Waals surface area contributed by atoms with Gasteiger partial charge in [-0.05, 0) is 51.1 Å². The maximum Gasteiger partial charge on any atom is 0.224 e. The van der Waals surface area contributed by atoms with E-state index in [2.05, 4.69) is 17.3 Å². The summed E-state index contributed by atoms with van der Waals surface area (Å²) in [6.07, 6.45) is 5.04. The van der Waals surface area contributed by atoms with Crippen LogP contribution in [0.4, 0.5) is 10.1 Å². The Morgan fingerprint density at radius 2 is 2.32 bits per heavy atom. The zero-order valence-electron chi connectivity index (χ0n) is 11.4. The van der Waals surface area contributed by atoms with E-state index in [1.165, 1.54) is 31.4 Å². The molecule has 2 rings (SSSR count). The van der Waals surface area contributed by atoms with Gasteiger partial charge in [0.15, 0.2) is 0 Å². The van der Waals surface area contributed by atoms with Crippen molar-refractivity contribution in [2.45, 2.75) is 38.1 Å². The minimum absolute atomic E-state index is 0.0374. The Labute approximate surface area is 113 Å². The van der Waals surface area contributed by atoms with Crippen LogP contribution >= 0.6 is 0 Å². The highest BCUT2D eigenvalue weighted by molar-refractivity contribution is 5.90. The second kappa shape index (κ2) is 6.66. The van der Waals surface area contributed by atoms with Crippen molar-refractivity contribution in [1.29, 1.82) is 0 Å². The number of benzene rings is 1. The van der Waals surface area contributed by atoms with Gasteiger partial charge < -0.3 is 10.2 Å². The Balaban J connectivity index is 1.78. The second-order valence-corrected chi connectivity index (χ2v) is 5.23.